The third kappa shape index (κ3) is 2.69. The van der Waals surface area contributed by atoms with Crippen LogP contribution in [0.2, 0.25) is 0 Å². The number of nitro benzene ring substituents is 1. The average molecular weight is 348 g/mol. The number of halogens is 1. The number of non-ortho nitro benzene ring substituents is 1. The minimum atomic E-state index is -2.02. The number of carbonyl (C=O) groups is 2. The molecule has 1 aliphatic heterocycles. The maximum absolute atomic E-state index is 12.3. The summed E-state index contributed by atoms with van der Waals surface area (Å²) in [5.41, 5.74) is 0.898. The lowest BCUT2D eigenvalue weighted by Gasteiger charge is -2.19. The summed E-state index contributed by atoms with van der Waals surface area (Å²) in [4.78, 5) is 34.1. The highest BCUT2D eigenvalue weighted by atomic mass is 35.5. The second kappa shape index (κ2) is 5.93. The summed E-state index contributed by atoms with van der Waals surface area (Å²) in [6.07, 6.45) is 0. The first-order valence-corrected chi connectivity index (χ1v) is 7.22. The van der Waals surface area contributed by atoms with Crippen LogP contribution in [0.4, 0.5) is 5.69 Å². The number of alkyl halides is 1. The Labute approximate surface area is 140 Å². The lowest BCUT2D eigenvalue weighted by Crippen LogP contribution is -2.31. The van der Waals surface area contributed by atoms with Gasteiger partial charge in [-0.1, -0.05) is 29.8 Å². The van der Waals surface area contributed by atoms with Crippen LogP contribution in [0.1, 0.15) is 21.5 Å². The van der Waals surface area contributed by atoms with Crippen LogP contribution in [-0.4, -0.2) is 16.9 Å². The molecular formula is C16H10ClNO6. The van der Waals surface area contributed by atoms with E-state index in [2.05, 4.69) is 0 Å². The zero-order valence-electron chi connectivity index (χ0n) is 12.1. The van der Waals surface area contributed by atoms with Crippen LogP contribution in [0, 0.1) is 10.1 Å². The Morgan fingerprint density at radius 3 is 2.54 bits per heavy atom. The van der Waals surface area contributed by atoms with Crippen molar-refractivity contribution in [1.29, 1.82) is 0 Å². The number of rotatable bonds is 4. The van der Waals surface area contributed by atoms with E-state index in [1.807, 2.05) is 0 Å². The zero-order valence-corrected chi connectivity index (χ0v) is 12.9. The largest absolute Gasteiger partial charge is 0.457 e. The fourth-order valence-corrected chi connectivity index (χ4v) is 2.58. The number of esters is 2. The highest BCUT2D eigenvalue weighted by Crippen LogP contribution is 2.41. The van der Waals surface area contributed by atoms with Crippen LogP contribution in [0.5, 0.6) is 0 Å². The number of nitro groups is 1. The summed E-state index contributed by atoms with van der Waals surface area (Å²) in [5.74, 6) is -1.63. The van der Waals surface area contributed by atoms with Crippen LogP contribution in [0.25, 0.3) is 0 Å². The van der Waals surface area contributed by atoms with Crippen molar-refractivity contribution >= 4 is 29.2 Å². The van der Waals surface area contributed by atoms with Gasteiger partial charge in [-0.3, -0.25) is 10.1 Å². The second-order valence-electron chi connectivity index (χ2n) is 5.03. The third-order valence-corrected chi connectivity index (χ3v) is 3.94. The average Bonchev–Trinajstić information content (AvgIpc) is 2.85. The van der Waals surface area contributed by atoms with E-state index in [0.29, 0.717) is 5.56 Å². The summed E-state index contributed by atoms with van der Waals surface area (Å²) < 4.78 is 10.1. The molecule has 2 aromatic rings. The lowest BCUT2D eigenvalue weighted by molar-refractivity contribution is -0.384. The molecule has 24 heavy (non-hydrogen) atoms. The molecule has 3 rings (SSSR count). The number of hydrogen-bond acceptors (Lipinski definition) is 6. The molecule has 0 saturated heterocycles. The number of nitrogens with zero attached hydrogens (tertiary/aromatic N) is 1. The van der Waals surface area contributed by atoms with Crippen molar-refractivity contribution in [2.75, 3.05) is 0 Å². The Morgan fingerprint density at radius 1 is 1.21 bits per heavy atom. The van der Waals surface area contributed by atoms with Gasteiger partial charge in [0.15, 0.2) is 0 Å². The van der Waals surface area contributed by atoms with Crippen LogP contribution >= 0.6 is 11.6 Å². The van der Waals surface area contributed by atoms with Crippen LogP contribution < -0.4 is 0 Å². The lowest BCUT2D eigenvalue weighted by atomic mass is 10.1. The van der Waals surface area contributed by atoms with Gasteiger partial charge in [-0.25, -0.2) is 9.59 Å². The fraction of sp³-hybridized carbons (Fsp3) is 0.125. The summed E-state index contributed by atoms with van der Waals surface area (Å²) in [6.45, 7) is -0.162. The van der Waals surface area contributed by atoms with Gasteiger partial charge < -0.3 is 9.47 Å². The molecular weight excluding hydrogens is 338 g/mol. The van der Waals surface area contributed by atoms with Gasteiger partial charge in [-0.05, 0) is 23.8 Å². The molecule has 0 N–H and O–H groups in total. The molecule has 0 bridgehead atoms. The molecule has 0 saturated carbocycles. The maximum Gasteiger partial charge on any atom is 0.372 e. The highest BCUT2D eigenvalue weighted by Gasteiger charge is 2.51. The van der Waals surface area contributed by atoms with E-state index in [1.54, 1.807) is 12.1 Å². The van der Waals surface area contributed by atoms with E-state index in [4.69, 9.17) is 21.1 Å². The standard InChI is InChI=1S/C16H10ClNO6/c17-16(13-4-2-1-3-12(13)14(19)24-16)15(20)23-9-10-5-7-11(8-6-10)18(21)22/h1-8H,9H2. The Hall–Kier alpha value is -2.93. The van der Waals surface area contributed by atoms with E-state index in [-0.39, 0.29) is 23.4 Å². The molecule has 8 heteroatoms. The van der Waals surface area contributed by atoms with Crippen LogP contribution in [-0.2, 0) is 25.9 Å². The maximum atomic E-state index is 12.3. The molecule has 0 spiro atoms. The molecule has 7 nitrogen and oxygen atoms in total. The van der Waals surface area contributed by atoms with E-state index in [1.165, 1.54) is 36.4 Å². The van der Waals surface area contributed by atoms with Gasteiger partial charge in [0.1, 0.15) is 6.61 Å². The topological polar surface area (TPSA) is 95.7 Å². The molecule has 1 heterocycles. The van der Waals surface area contributed by atoms with Crippen molar-refractivity contribution in [2.45, 2.75) is 11.7 Å². The van der Waals surface area contributed by atoms with Gasteiger partial charge in [0.25, 0.3) is 5.69 Å². The quantitative estimate of drug-likeness (QED) is 0.365. The highest BCUT2D eigenvalue weighted by molar-refractivity contribution is 6.35. The van der Waals surface area contributed by atoms with Crippen molar-refractivity contribution in [1.82, 2.24) is 0 Å². The molecule has 0 radical (unpaired) electrons. The van der Waals surface area contributed by atoms with E-state index in [0.717, 1.165) is 0 Å². The third-order valence-electron chi connectivity index (χ3n) is 3.51. The van der Waals surface area contributed by atoms with Gasteiger partial charge in [-0.15, -0.1) is 0 Å². The summed E-state index contributed by atoms with van der Waals surface area (Å²) in [5, 5.41) is 8.58. The van der Waals surface area contributed by atoms with Gasteiger partial charge in [0.05, 0.1) is 10.5 Å². The number of fused-ring (bicyclic) bond motifs is 1. The normalized spacial score (nSPS) is 18.6. The summed E-state index contributed by atoms with van der Waals surface area (Å²) in [6, 6.07) is 11.8. The predicted molar refractivity (Wildman–Crippen MR) is 82.3 cm³/mol. The number of cyclic esters (lactones) is 1. The molecule has 122 valence electrons. The first-order chi connectivity index (χ1) is 11.4. The fourth-order valence-electron chi connectivity index (χ4n) is 2.29. The van der Waals surface area contributed by atoms with Gasteiger partial charge >= 0.3 is 17.0 Å². The van der Waals surface area contributed by atoms with Gasteiger partial charge in [0, 0.05) is 17.7 Å². The molecule has 1 atom stereocenters. The van der Waals surface area contributed by atoms with E-state index >= 15 is 0 Å². The Balaban J connectivity index is 1.74. The first kappa shape index (κ1) is 15.9. The summed E-state index contributed by atoms with van der Waals surface area (Å²) >= 11 is 6.17. The molecule has 0 amide bonds. The Kier molecular flexibility index (Phi) is 3.94. The van der Waals surface area contributed by atoms with Crippen molar-refractivity contribution < 1.29 is 24.0 Å². The van der Waals surface area contributed by atoms with E-state index in [9.17, 15) is 19.7 Å². The minimum Gasteiger partial charge on any atom is -0.457 e. The predicted octanol–water partition coefficient (Wildman–Crippen LogP) is 2.90. The SMILES string of the molecule is O=C1OC(Cl)(C(=O)OCc2ccc([N+](=O)[O-])cc2)c2ccccc21. The molecule has 1 aliphatic rings. The van der Waals surface area contributed by atoms with Crippen LogP contribution in [0.15, 0.2) is 48.5 Å². The molecule has 0 aromatic heterocycles. The first-order valence-electron chi connectivity index (χ1n) is 6.84. The minimum absolute atomic E-state index is 0.0717. The number of carbonyl (C=O) groups excluding carboxylic acids is 2. The number of benzene rings is 2. The van der Waals surface area contributed by atoms with Gasteiger partial charge in [-0.2, -0.15) is 0 Å². The van der Waals surface area contributed by atoms with Crippen molar-refractivity contribution in [3.63, 3.8) is 0 Å². The molecule has 0 aliphatic carbocycles. The zero-order chi connectivity index (χ0) is 17.3. The molecule has 1 unspecified atom stereocenters. The monoisotopic (exact) mass is 347 g/mol. The second-order valence-corrected chi connectivity index (χ2v) is 5.56. The van der Waals surface area contributed by atoms with Crippen LogP contribution in [0.3, 0.4) is 0 Å². The van der Waals surface area contributed by atoms with Crippen molar-refractivity contribution in [3.8, 4) is 0 Å². The van der Waals surface area contributed by atoms with Crippen molar-refractivity contribution in [3.05, 3.63) is 75.3 Å². The smallest absolute Gasteiger partial charge is 0.372 e. The van der Waals surface area contributed by atoms with E-state index < -0.39 is 21.9 Å². The Morgan fingerprint density at radius 2 is 1.88 bits per heavy atom. The van der Waals surface area contributed by atoms with Gasteiger partial charge in [0.2, 0.25) is 0 Å². The molecule has 2 aromatic carbocycles. The molecule has 0 fully saturated rings. The number of hydrogen-bond donors (Lipinski definition) is 0. The summed E-state index contributed by atoms with van der Waals surface area (Å²) in [7, 11) is 0. The Bertz CT molecular complexity index is 835. The number of ether oxygens (including phenoxy) is 2. The van der Waals surface area contributed by atoms with Crippen molar-refractivity contribution in [2.24, 2.45) is 0 Å².